The largest absolute Gasteiger partial charge is 0.323 e. The number of hydrogen-bond donors (Lipinski definition) is 1. The third-order valence-corrected chi connectivity index (χ3v) is 3.19. The maximum absolute atomic E-state index is 6.24. The number of hydrogen-bond acceptors (Lipinski definition) is 3. The van der Waals surface area contributed by atoms with E-state index in [1.807, 2.05) is 12.3 Å². The van der Waals surface area contributed by atoms with Gasteiger partial charge in [0.25, 0.3) is 0 Å². The first kappa shape index (κ1) is 13.7. The van der Waals surface area contributed by atoms with Crippen molar-refractivity contribution in [3.63, 3.8) is 0 Å². The Kier molecular flexibility index (Phi) is 4.66. The van der Waals surface area contributed by atoms with Gasteiger partial charge in [-0.05, 0) is 31.2 Å². The SMILES string of the molecule is Cc1ccc(C(N)CN(C)Cc2cccnc2)cc1. The van der Waals surface area contributed by atoms with Crippen LogP contribution < -0.4 is 5.73 Å². The molecule has 0 aliphatic carbocycles. The van der Waals surface area contributed by atoms with Crippen LogP contribution in [0.3, 0.4) is 0 Å². The number of nitrogens with zero attached hydrogens (tertiary/aromatic N) is 2. The molecule has 1 aromatic carbocycles. The smallest absolute Gasteiger partial charge is 0.0424 e. The lowest BCUT2D eigenvalue weighted by molar-refractivity contribution is 0.305. The summed E-state index contributed by atoms with van der Waals surface area (Å²) in [6.45, 7) is 3.79. The van der Waals surface area contributed by atoms with Gasteiger partial charge in [-0.1, -0.05) is 35.9 Å². The monoisotopic (exact) mass is 255 g/mol. The average Bonchev–Trinajstić information content (AvgIpc) is 2.40. The number of likely N-dealkylation sites (N-methyl/N-ethyl adjacent to an activating group) is 1. The van der Waals surface area contributed by atoms with E-state index in [-0.39, 0.29) is 6.04 Å². The first-order chi connectivity index (χ1) is 9.15. The van der Waals surface area contributed by atoms with Crippen molar-refractivity contribution in [3.8, 4) is 0 Å². The molecule has 1 heterocycles. The molecule has 0 amide bonds. The second-order valence-electron chi connectivity index (χ2n) is 5.08. The fraction of sp³-hybridized carbons (Fsp3) is 0.312. The van der Waals surface area contributed by atoms with Crippen molar-refractivity contribution in [2.45, 2.75) is 19.5 Å². The van der Waals surface area contributed by atoms with Crippen LogP contribution in [0.1, 0.15) is 22.7 Å². The number of pyridine rings is 1. The molecule has 0 spiro atoms. The van der Waals surface area contributed by atoms with Crippen LogP contribution in [0.4, 0.5) is 0 Å². The van der Waals surface area contributed by atoms with Crippen LogP contribution in [0, 0.1) is 6.92 Å². The fourth-order valence-electron chi connectivity index (χ4n) is 2.12. The quantitative estimate of drug-likeness (QED) is 0.892. The van der Waals surface area contributed by atoms with Crippen LogP contribution >= 0.6 is 0 Å². The van der Waals surface area contributed by atoms with E-state index in [1.165, 1.54) is 16.7 Å². The van der Waals surface area contributed by atoms with Gasteiger partial charge in [0.05, 0.1) is 0 Å². The summed E-state index contributed by atoms with van der Waals surface area (Å²) in [4.78, 5) is 6.35. The molecular formula is C16H21N3. The minimum Gasteiger partial charge on any atom is -0.323 e. The van der Waals surface area contributed by atoms with Crippen LogP contribution in [0.25, 0.3) is 0 Å². The summed E-state index contributed by atoms with van der Waals surface area (Å²) in [5.74, 6) is 0. The Balaban J connectivity index is 1.91. The summed E-state index contributed by atoms with van der Waals surface area (Å²) in [6.07, 6.45) is 3.69. The molecule has 0 saturated carbocycles. The minimum absolute atomic E-state index is 0.0438. The van der Waals surface area contributed by atoms with E-state index in [0.717, 1.165) is 13.1 Å². The van der Waals surface area contributed by atoms with Gasteiger partial charge in [0, 0.05) is 31.5 Å². The van der Waals surface area contributed by atoms with Gasteiger partial charge in [0.2, 0.25) is 0 Å². The van der Waals surface area contributed by atoms with Crippen molar-refractivity contribution in [1.82, 2.24) is 9.88 Å². The standard InChI is InChI=1S/C16H21N3/c1-13-5-7-15(8-6-13)16(17)12-19(2)11-14-4-3-9-18-10-14/h3-10,16H,11-12,17H2,1-2H3. The summed E-state index contributed by atoms with van der Waals surface area (Å²) in [6, 6.07) is 12.5. The predicted octanol–water partition coefficient (Wildman–Crippen LogP) is 2.52. The Morgan fingerprint density at radius 3 is 2.58 bits per heavy atom. The third kappa shape index (κ3) is 4.16. The van der Waals surface area contributed by atoms with Crippen molar-refractivity contribution >= 4 is 0 Å². The Hall–Kier alpha value is -1.71. The topological polar surface area (TPSA) is 42.1 Å². The highest BCUT2D eigenvalue weighted by atomic mass is 15.1. The summed E-state index contributed by atoms with van der Waals surface area (Å²) >= 11 is 0. The molecule has 19 heavy (non-hydrogen) atoms. The zero-order chi connectivity index (χ0) is 13.7. The summed E-state index contributed by atoms with van der Waals surface area (Å²) < 4.78 is 0. The number of aromatic nitrogens is 1. The van der Waals surface area contributed by atoms with E-state index >= 15 is 0 Å². The van der Waals surface area contributed by atoms with Crippen LogP contribution in [-0.4, -0.2) is 23.5 Å². The van der Waals surface area contributed by atoms with Crippen molar-refractivity contribution in [3.05, 3.63) is 65.5 Å². The zero-order valence-corrected chi connectivity index (χ0v) is 11.6. The van der Waals surface area contributed by atoms with E-state index in [0.29, 0.717) is 0 Å². The molecule has 0 fully saturated rings. The molecule has 1 unspecified atom stereocenters. The second kappa shape index (κ2) is 6.45. The molecule has 0 bridgehead atoms. The highest BCUT2D eigenvalue weighted by Gasteiger charge is 2.09. The van der Waals surface area contributed by atoms with Gasteiger partial charge in [-0.25, -0.2) is 0 Å². The highest BCUT2D eigenvalue weighted by molar-refractivity contribution is 5.24. The molecule has 0 saturated heterocycles. The second-order valence-corrected chi connectivity index (χ2v) is 5.08. The molecule has 2 rings (SSSR count). The Labute approximate surface area is 115 Å². The summed E-state index contributed by atoms with van der Waals surface area (Å²) in [7, 11) is 2.08. The molecule has 2 N–H and O–H groups in total. The van der Waals surface area contributed by atoms with Crippen LogP contribution in [0.2, 0.25) is 0 Å². The Morgan fingerprint density at radius 1 is 1.21 bits per heavy atom. The lowest BCUT2D eigenvalue weighted by atomic mass is 10.1. The van der Waals surface area contributed by atoms with E-state index in [4.69, 9.17) is 5.73 Å². The molecule has 3 heteroatoms. The number of benzene rings is 1. The van der Waals surface area contributed by atoms with E-state index < -0.39 is 0 Å². The average molecular weight is 255 g/mol. The van der Waals surface area contributed by atoms with Gasteiger partial charge >= 0.3 is 0 Å². The molecule has 0 radical (unpaired) electrons. The molecule has 3 nitrogen and oxygen atoms in total. The number of rotatable bonds is 5. The van der Waals surface area contributed by atoms with Crippen LogP contribution in [0.5, 0.6) is 0 Å². The molecule has 100 valence electrons. The maximum Gasteiger partial charge on any atom is 0.0424 e. The first-order valence-electron chi connectivity index (χ1n) is 6.55. The minimum atomic E-state index is 0.0438. The van der Waals surface area contributed by atoms with Gasteiger partial charge in [0.1, 0.15) is 0 Å². The number of aryl methyl sites for hydroxylation is 1. The molecule has 1 atom stereocenters. The molecular weight excluding hydrogens is 234 g/mol. The normalized spacial score (nSPS) is 12.6. The lowest BCUT2D eigenvalue weighted by Gasteiger charge is -2.21. The van der Waals surface area contributed by atoms with Gasteiger partial charge in [-0.3, -0.25) is 4.98 Å². The third-order valence-electron chi connectivity index (χ3n) is 3.19. The van der Waals surface area contributed by atoms with Crippen molar-refractivity contribution in [2.75, 3.05) is 13.6 Å². The van der Waals surface area contributed by atoms with E-state index in [2.05, 4.69) is 54.2 Å². The van der Waals surface area contributed by atoms with Gasteiger partial charge in [0.15, 0.2) is 0 Å². The maximum atomic E-state index is 6.24. The highest BCUT2D eigenvalue weighted by Crippen LogP contribution is 2.13. The van der Waals surface area contributed by atoms with E-state index in [1.54, 1.807) is 6.20 Å². The van der Waals surface area contributed by atoms with Crippen molar-refractivity contribution in [2.24, 2.45) is 5.73 Å². The molecule has 1 aromatic heterocycles. The summed E-state index contributed by atoms with van der Waals surface area (Å²) in [5, 5.41) is 0. The lowest BCUT2D eigenvalue weighted by Crippen LogP contribution is -2.28. The van der Waals surface area contributed by atoms with Gasteiger partial charge in [-0.2, -0.15) is 0 Å². The molecule has 0 aliphatic heterocycles. The molecule has 0 aliphatic rings. The van der Waals surface area contributed by atoms with E-state index in [9.17, 15) is 0 Å². The van der Waals surface area contributed by atoms with Crippen LogP contribution in [-0.2, 0) is 6.54 Å². The van der Waals surface area contributed by atoms with Gasteiger partial charge < -0.3 is 10.6 Å². The van der Waals surface area contributed by atoms with Gasteiger partial charge in [-0.15, -0.1) is 0 Å². The fourth-order valence-corrected chi connectivity index (χ4v) is 2.12. The first-order valence-corrected chi connectivity index (χ1v) is 6.55. The van der Waals surface area contributed by atoms with Crippen LogP contribution in [0.15, 0.2) is 48.8 Å². The number of nitrogens with two attached hydrogens (primary N) is 1. The Bertz CT molecular complexity index is 493. The molecule has 2 aromatic rings. The zero-order valence-electron chi connectivity index (χ0n) is 11.6. The van der Waals surface area contributed by atoms with Crippen molar-refractivity contribution < 1.29 is 0 Å². The van der Waals surface area contributed by atoms with Crippen molar-refractivity contribution in [1.29, 1.82) is 0 Å². The Morgan fingerprint density at radius 2 is 1.95 bits per heavy atom. The summed E-state index contributed by atoms with van der Waals surface area (Å²) in [5.41, 5.74) is 9.90. The predicted molar refractivity (Wildman–Crippen MR) is 78.7 cm³/mol.